The number of anilines is 1. The van der Waals surface area contributed by atoms with Gasteiger partial charge in [-0.05, 0) is 36.8 Å². The second-order valence-corrected chi connectivity index (χ2v) is 6.22. The second kappa shape index (κ2) is 6.33. The van der Waals surface area contributed by atoms with Crippen LogP contribution in [-0.2, 0) is 6.42 Å². The van der Waals surface area contributed by atoms with Gasteiger partial charge in [-0.15, -0.1) is 0 Å². The Balaban J connectivity index is 1.94. The number of nitrogens with one attached hydrogen (secondary N) is 1. The molecule has 0 aliphatic carbocycles. The zero-order chi connectivity index (χ0) is 17.4. The fourth-order valence-electron chi connectivity index (χ4n) is 3.24. The molecule has 25 heavy (non-hydrogen) atoms. The first-order valence-corrected chi connectivity index (χ1v) is 8.44. The first kappa shape index (κ1) is 15.8. The Bertz CT molecular complexity index is 936. The van der Waals surface area contributed by atoms with E-state index < -0.39 is 0 Å². The number of hydrogen-bond donors (Lipinski definition) is 1. The summed E-state index contributed by atoms with van der Waals surface area (Å²) in [5.74, 6) is 2.51. The fraction of sp³-hybridized carbons (Fsp3) is 0.211. The van der Waals surface area contributed by atoms with Gasteiger partial charge in [-0.3, -0.25) is 0 Å². The Hall–Kier alpha value is -2.66. The molecular weight excluding hydrogens is 338 g/mol. The average molecular weight is 356 g/mol. The highest BCUT2D eigenvalue weighted by Gasteiger charge is 2.26. The van der Waals surface area contributed by atoms with Crippen LogP contribution in [0.5, 0.6) is 11.5 Å². The Morgan fingerprint density at radius 2 is 1.88 bits per heavy atom. The topological polar surface area (TPSA) is 48.3 Å². The molecule has 5 nitrogen and oxygen atoms in total. The van der Waals surface area contributed by atoms with E-state index in [2.05, 4.69) is 5.32 Å². The van der Waals surface area contributed by atoms with Gasteiger partial charge in [0.25, 0.3) is 0 Å². The number of halogens is 1. The van der Waals surface area contributed by atoms with Crippen molar-refractivity contribution in [2.45, 2.75) is 6.42 Å². The minimum atomic E-state index is 0.655. The molecule has 1 aromatic heterocycles. The normalized spacial score (nSPS) is 12.6. The smallest absolute Gasteiger partial charge is 0.144 e. The van der Waals surface area contributed by atoms with Crippen LogP contribution in [-0.4, -0.2) is 30.5 Å². The number of nitrogens with zero attached hydrogens (tertiary/aromatic N) is 2. The summed E-state index contributed by atoms with van der Waals surface area (Å²) in [5, 5.41) is 8.95. The lowest BCUT2D eigenvalue weighted by Gasteiger charge is -2.11. The minimum absolute atomic E-state index is 0.655. The van der Waals surface area contributed by atoms with Crippen molar-refractivity contribution in [1.82, 2.24) is 9.78 Å². The lowest BCUT2D eigenvalue weighted by molar-refractivity contribution is 0.412. The Morgan fingerprint density at radius 3 is 2.68 bits per heavy atom. The number of ether oxygens (including phenoxy) is 2. The Kier molecular flexibility index (Phi) is 4.01. The molecule has 0 fully saturated rings. The lowest BCUT2D eigenvalue weighted by Crippen LogP contribution is -2.05. The summed E-state index contributed by atoms with van der Waals surface area (Å²) in [7, 11) is 3.32. The number of fused-ring (bicyclic) bond motifs is 1. The van der Waals surface area contributed by atoms with Crippen molar-refractivity contribution < 1.29 is 9.47 Å². The number of hydrogen-bond acceptors (Lipinski definition) is 4. The number of para-hydroxylation sites is 2. The predicted molar refractivity (Wildman–Crippen MR) is 99.3 cm³/mol. The summed E-state index contributed by atoms with van der Waals surface area (Å²) in [6.45, 7) is 0.873. The van der Waals surface area contributed by atoms with Crippen molar-refractivity contribution in [3.05, 3.63) is 53.1 Å². The summed E-state index contributed by atoms with van der Waals surface area (Å²) in [4.78, 5) is 0. The molecule has 0 spiro atoms. The molecule has 4 rings (SSSR count). The van der Waals surface area contributed by atoms with Crippen molar-refractivity contribution >= 4 is 17.4 Å². The maximum Gasteiger partial charge on any atom is 0.144 e. The molecule has 0 amide bonds. The largest absolute Gasteiger partial charge is 0.496 e. The number of rotatable bonds is 4. The molecule has 0 bridgehead atoms. The van der Waals surface area contributed by atoms with E-state index in [1.54, 1.807) is 14.2 Å². The van der Waals surface area contributed by atoms with E-state index in [1.165, 1.54) is 0 Å². The summed E-state index contributed by atoms with van der Waals surface area (Å²) in [6, 6.07) is 13.4. The van der Waals surface area contributed by atoms with E-state index in [4.69, 9.17) is 26.2 Å². The van der Waals surface area contributed by atoms with E-state index in [0.29, 0.717) is 5.02 Å². The number of benzene rings is 2. The Morgan fingerprint density at radius 1 is 1.08 bits per heavy atom. The second-order valence-electron chi connectivity index (χ2n) is 5.78. The summed E-state index contributed by atoms with van der Waals surface area (Å²) >= 11 is 6.22. The van der Waals surface area contributed by atoms with Gasteiger partial charge in [-0.2, -0.15) is 5.10 Å². The highest BCUT2D eigenvalue weighted by Crippen LogP contribution is 2.40. The van der Waals surface area contributed by atoms with E-state index >= 15 is 0 Å². The van der Waals surface area contributed by atoms with Crippen LogP contribution in [0.15, 0.2) is 42.5 Å². The van der Waals surface area contributed by atoms with Crippen LogP contribution in [0.25, 0.3) is 16.9 Å². The predicted octanol–water partition coefficient (Wildman–Crippen LogP) is 4.18. The molecule has 2 heterocycles. The van der Waals surface area contributed by atoms with Gasteiger partial charge in [0, 0.05) is 22.7 Å². The van der Waals surface area contributed by atoms with E-state index in [1.807, 2.05) is 47.1 Å². The quantitative estimate of drug-likeness (QED) is 0.762. The van der Waals surface area contributed by atoms with E-state index in [9.17, 15) is 0 Å². The standard InChI is InChI=1S/C19H18ClN3O2/c1-24-16-8-7-12(20)11-14(16)18-13-9-10-21-19(13)23(22-18)15-5-3-4-6-17(15)25-2/h3-8,11,21H,9-10H2,1-2H3. The third kappa shape index (κ3) is 2.61. The van der Waals surface area contributed by atoms with Gasteiger partial charge in [-0.1, -0.05) is 23.7 Å². The van der Waals surface area contributed by atoms with Crippen molar-refractivity contribution in [1.29, 1.82) is 0 Å². The molecule has 2 aromatic carbocycles. The third-order valence-corrected chi connectivity index (χ3v) is 4.62. The Labute approximate surface area is 151 Å². The molecule has 3 aromatic rings. The highest BCUT2D eigenvalue weighted by atomic mass is 35.5. The summed E-state index contributed by atoms with van der Waals surface area (Å²) < 4.78 is 12.9. The molecule has 1 N–H and O–H groups in total. The molecule has 1 aliphatic rings. The van der Waals surface area contributed by atoms with Crippen molar-refractivity contribution in [3.8, 4) is 28.4 Å². The molecule has 128 valence electrons. The fourth-order valence-corrected chi connectivity index (χ4v) is 3.41. The van der Waals surface area contributed by atoms with Gasteiger partial charge in [-0.25, -0.2) is 4.68 Å². The molecule has 0 radical (unpaired) electrons. The number of aromatic nitrogens is 2. The lowest BCUT2D eigenvalue weighted by atomic mass is 10.1. The monoisotopic (exact) mass is 355 g/mol. The van der Waals surface area contributed by atoms with Gasteiger partial charge in [0.2, 0.25) is 0 Å². The van der Waals surface area contributed by atoms with Crippen LogP contribution in [0, 0.1) is 0 Å². The maximum atomic E-state index is 6.22. The highest BCUT2D eigenvalue weighted by molar-refractivity contribution is 6.31. The van der Waals surface area contributed by atoms with Crippen molar-refractivity contribution in [3.63, 3.8) is 0 Å². The number of methoxy groups -OCH3 is 2. The minimum Gasteiger partial charge on any atom is -0.496 e. The first-order chi connectivity index (χ1) is 12.2. The van der Waals surface area contributed by atoms with Crippen molar-refractivity contribution in [2.75, 3.05) is 26.1 Å². The third-order valence-electron chi connectivity index (χ3n) is 4.38. The van der Waals surface area contributed by atoms with Gasteiger partial charge in [0.1, 0.15) is 28.7 Å². The van der Waals surface area contributed by atoms with Crippen LogP contribution in [0.2, 0.25) is 5.02 Å². The summed E-state index contributed by atoms with van der Waals surface area (Å²) in [5.41, 5.74) is 3.82. The molecule has 0 atom stereocenters. The molecule has 0 unspecified atom stereocenters. The molecular formula is C19H18ClN3O2. The zero-order valence-corrected chi connectivity index (χ0v) is 14.8. The van der Waals surface area contributed by atoms with Crippen LogP contribution in [0.3, 0.4) is 0 Å². The van der Waals surface area contributed by atoms with E-state index in [0.717, 1.165) is 52.8 Å². The molecule has 6 heteroatoms. The van der Waals surface area contributed by atoms with Gasteiger partial charge < -0.3 is 14.8 Å². The van der Waals surface area contributed by atoms with Crippen LogP contribution >= 0.6 is 11.6 Å². The van der Waals surface area contributed by atoms with Crippen LogP contribution < -0.4 is 14.8 Å². The van der Waals surface area contributed by atoms with Crippen LogP contribution in [0.1, 0.15) is 5.56 Å². The molecule has 0 saturated heterocycles. The molecule has 1 aliphatic heterocycles. The van der Waals surface area contributed by atoms with Crippen LogP contribution in [0.4, 0.5) is 5.82 Å². The van der Waals surface area contributed by atoms with Crippen molar-refractivity contribution in [2.24, 2.45) is 0 Å². The molecule has 0 saturated carbocycles. The zero-order valence-electron chi connectivity index (χ0n) is 14.0. The summed E-state index contributed by atoms with van der Waals surface area (Å²) in [6.07, 6.45) is 0.898. The van der Waals surface area contributed by atoms with Gasteiger partial charge in [0.15, 0.2) is 0 Å². The SMILES string of the molecule is COc1ccc(Cl)cc1-c1nn(-c2ccccc2OC)c2c1CCN2. The first-order valence-electron chi connectivity index (χ1n) is 8.06. The van der Waals surface area contributed by atoms with E-state index in [-0.39, 0.29) is 0 Å². The maximum absolute atomic E-state index is 6.22. The van der Waals surface area contributed by atoms with Gasteiger partial charge in [0.05, 0.1) is 14.2 Å². The van der Waals surface area contributed by atoms with Gasteiger partial charge >= 0.3 is 0 Å². The average Bonchev–Trinajstić information content (AvgIpc) is 3.24.